The number of carbonyl (C=O) groups is 1. The molecule has 0 saturated carbocycles. The number of amides is 1. The van der Waals surface area contributed by atoms with E-state index in [2.05, 4.69) is 5.32 Å². The van der Waals surface area contributed by atoms with Crippen molar-refractivity contribution in [2.24, 2.45) is 0 Å². The number of piperidine rings is 1. The Labute approximate surface area is 110 Å². The molecule has 5 heteroatoms. The highest BCUT2D eigenvalue weighted by atomic mass is 16.5. The van der Waals surface area contributed by atoms with Gasteiger partial charge in [0.05, 0.1) is 18.8 Å². The molecule has 0 radical (unpaired) electrons. The first-order chi connectivity index (χ1) is 8.59. The highest BCUT2D eigenvalue weighted by Gasteiger charge is 2.16. The smallest absolute Gasteiger partial charge is 0.248 e. The minimum absolute atomic E-state index is 0.0286. The summed E-state index contributed by atoms with van der Waals surface area (Å²) in [4.78, 5) is 13.5. The predicted octanol–water partition coefficient (Wildman–Crippen LogP) is 0.638. The Morgan fingerprint density at radius 2 is 2.06 bits per heavy atom. The predicted molar refractivity (Wildman–Crippen MR) is 70.6 cm³/mol. The number of likely N-dealkylation sites (N-methyl/N-ethyl adjacent to an activating group) is 1. The van der Waals surface area contributed by atoms with Gasteiger partial charge in [0.25, 0.3) is 0 Å². The van der Waals surface area contributed by atoms with Crippen molar-refractivity contribution in [1.29, 1.82) is 0 Å². The van der Waals surface area contributed by atoms with E-state index in [9.17, 15) is 4.79 Å². The van der Waals surface area contributed by atoms with Gasteiger partial charge in [0.15, 0.2) is 0 Å². The fourth-order valence-electron chi connectivity index (χ4n) is 1.81. The van der Waals surface area contributed by atoms with E-state index in [0.29, 0.717) is 13.2 Å². The lowest BCUT2D eigenvalue weighted by Gasteiger charge is -2.24. The Morgan fingerprint density at radius 1 is 1.39 bits per heavy atom. The van der Waals surface area contributed by atoms with E-state index >= 15 is 0 Å². The molecule has 1 heterocycles. The number of ether oxygens (including phenoxy) is 2. The maximum Gasteiger partial charge on any atom is 0.248 e. The summed E-state index contributed by atoms with van der Waals surface area (Å²) in [6.07, 6.45) is 2.43. The van der Waals surface area contributed by atoms with E-state index in [4.69, 9.17) is 9.47 Å². The highest BCUT2D eigenvalue weighted by Crippen LogP contribution is 2.07. The van der Waals surface area contributed by atoms with Gasteiger partial charge in [-0.1, -0.05) is 0 Å². The van der Waals surface area contributed by atoms with Crippen molar-refractivity contribution in [1.82, 2.24) is 10.2 Å². The van der Waals surface area contributed by atoms with E-state index < -0.39 is 0 Å². The van der Waals surface area contributed by atoms with Crippen LogP contribution in [0.2, 0.25) is 0 Å². The van der Waals surface area contributed by atoms with Crippen LogP contribution >= 0.6 is 0 Å². The molecule has 1 aliphatic rings. The number of hydrogen-bond donors (Lipinski definition) is 1. The van der Waals surface area contributed by atoms with Crippen molar-refractivity contribution in [3.8, 4) is 0 Å². The molecule has 0 spiro atoms. The molecule has 0 aliphatic carbocycles. The van der Waals surface area contributed by atoms with Crippen LogP contribution in [0.1, 0.15) is 26.7 Å². The minimum atomic E-state index is 0.0286. The van der Waals surface area contributed by atoms with Crippen LogP contribution in [0.25, 0.3) is 0 Å². The summed E-state index contributed by atoms with van der Waals surface area (Å²) in [6.45, 7) is 7.32. The number of nitrogens with zero attached hydrogens (tertiary/aromatic N) is 1. The summed E-state index contributed by atoms with van der Waals surface area (Å²) < 4.78 is 11.0. The van der Waals surface area contributed by atoms with Gasteiger partial charge in [-0.25, -0.2) is 0 Å². The number of hydrogen-bond acceptors (Lipinski definition) is 4. The van der Waals surface area contributed by atoms with Crippen LogP contribution in [0.4, 0.5) is 0 Å². The van der Waals surface area contributed by atoms with Crippen molar-refractivity contribution in [3.63, 3.8) is 0 Å². The lowest BCUT2D eigenvalue weighted by molar-refractivity contribution is -0.138. The van der Waals surface area contributed by atoms with Crippen molar-refractivity contribution in [3.05, 3.63) is 0 Å². The first-order valence-electron chi connectivity index (χ1n) is 6.77. The normalized spacial score (nSPS) is 17.1. The monoisotopic (exact) mass is 258 g/mol. The standard InChI is InChI=1S/C13H26N2O3/c1-11(2)17-9-8-15(3)13(16)10-18-12-4-6-14-7-5-12/h11-12,14H,4-10H2,1-3H3. The maximum atomic E-state index is 11.8. The first-order valence-corrected chi connectivity index (χ1v) is 6.77. The molecule has 5 nitrogen and oxygen atoms in total. The second-order valence-electron chi connectivity index (χ2n) is 5.00. The Morgan fingerprint density at radius 3 is 2.67 bits per heavy atom. The minimum Gasteiger partial charge on any atom is -0.377 e. The fraction of sp³-hybridized carbons (Fsp3) is 0.923. The molecular formula is C13H26N2O3. The van der Waals surface area contributed by atoms with E-state index in [1.54, 1.807) is 11.9 Å². The second-order valence-corrected chi connectivity index (χ2v) is 5.00. The number of carbonyl (C=O) groups excluding carboxylic acids is 1. The molecule has 0 atom stereocenters. The van der Waals surface area contributed by atoms with Crippen LogP contribution in [0.5, 0.6) is 0 Å². The van der Waals surface area contributed by atoms with Gasteiger partial charge >= 0.3 is 0 Å². The molecule has 0 bridgehead atoms. The Hall–Kier alpha value is -0.650. The summed E-state index contributed by atoms with van der Waals surface area (Å²) in [5.74, 6) is 0.0286. The molecule has 1 amide bonds. The van der Waals surface area contributed by atoms with Gasteiger partial charge in [0, 0.05) is 13.6 Å². The van der Waals surface area contributed by atoms with Crippen LogP contribution in [0, 0.1) is 0 Å². The van der Waals surface area contributed by atoms with Crippen molar-refractivity contribution in [2.75, 3.05) is 39.9 Å². The summed E-state index contributed by atoms with van der Waals surface area (Å²) in [6, 6.07) is 0. The van der Waals surface area contributed by atoms with Gasteiger partial charge in [-0.05, 0) is 39.8 Å². The van der Waals surface area contributed by atoms with Crippen LogP contribution in [0.15, 0.2) is 0 Å². The lowest BCUT2D eigenvalue weighted by atomic mass is 10.1. The molecule has 0 aromatic carbocycles. The molecular weight excluding hydrogens is 232 g/mol. The average molecular weight is 258 g/mol. The maximum absolute atomic E-state index is 11.8. The second kappa shape index (κ2) is 8.45. The topological polar surface area (TPSA) is 50.8 Å². The van der Waals surface area contributed by atoms with Crippen LogP contribution in [-0.2, 0) is 14.3 Å². The van der Waals surface area contributed by atoms with Gasteiger partial charge in [0.1, 0.15) is 6.61 Å². The largest absolute Gasteiger partial charge is 0.377 e. The third-order valence-corrected chi connectivity index (χ3v) is 3.03. The van der Waals surface area contributed by atoms with Gasteiger partial charge in [-0.15, -0.1) is 0 Å². The molecule has 0 aromatic rings. The molecule has 1 rings (SSSR count). The van der Waals surface area contributed by atoms with E-state index in [-0.39, 0.29) is 24.7 Å². The first kappa shape index (κ1) is 15.4. The summed E-state index contributed by atoms with van der Waals surface area (Å²) in [5.41, 5.74) is 0. The van der Waals surface area contributed by atoms with Gasteiger partial charge in [-0.3, -0.25) is 4.79 Å². The number of rotatable bonds is 7. The third-order valence-electron chi connectivity index (χ3n) is 3.03. The van der Waals surface area contributed by atoms with Crippen LogP contribution < -0.4 is 5.32 Å². The van der Waals surface area contributed by atoms with Crippen molar-refractivity contribution in [2.45, 2.75) is 38.9 Å². The molecule has 1 N–H and O–H groups in total. The average Bonchev–Trinajstić information content (AvgIpc) is 2.36. The van der Waals surface area contributed by atoms with Crippen molar-refractivity contribution >= 4 is 5.91 Å². The lowest BCUT2D eigenvalue weighted by Crippen LogP contribution is -2.37. The van der Waals surface area contributed by atoms with E-state index in [1.807, 2.05) is 13.8 Å². The molecule has 1 saturated heterocycles. The van der Waals surface area contributed by atoms with Crippen LogP contribution in [0.3, 0.4) is 0 Å². The van der Waals surface area contributed by atoms with E-state index in [0.717, 1.165) is 25.9 Å². The Kier molecular flexibility index (Phi) is 7.23. The van der Waals surface area contributed by atoms with E-state index in [1.165, 1.54) is 0 Å². The Bertz CT molecular complexity index is 240. The zero-order chi connectivity index (χ0) is 13.4. The van der Waals surface area contributed by atoms with Gasteiger partial charge in [-0.2, -0.15) is 0 Å². The molecule has 0 unspecified atom stereocenters. The summed E-state index contributed by atoms with van der Waals surface area (Å²) >= 11 is 0. The van der Waals surface area contributed by atoms with Crippen LogP contribution in [-0.4, -0.2) is 62.9 Å². The van der Waals surface area contributed by atoms with Gasteiger partial charge in [0.2, 0.25) is 5.91 Å². The number of nitrogens with one attached hydrogen (secondary N) is 1. The zero-order valence-electron chi connectivity index (χ0n) is 11.8. The molecule has 106 valence electrons. The summed E-state index contributed by atoms with van der Waals surface area (Å²) in [7, 11) is 1.79. The van der Waals surface area contributed by atoms with Crippen molar-refractivity contribution < 1.29 is 14.3 Å². The fourth-order valence-corrected chi connectivity index (χ4v) is 1.81. The highest BCUT2D eigenvalue weighted by molar-refractivity contribution is 5.77. The zero-order valence-corrected chi connectivity index (χ0v) is 11.8. The molecule has 1 aliphatic heterocycles. The molecule has 0 aromatic heterocycles. The Balaban J connectivity index is 2.10. The molecule has 1 fully saturated rings. The SMILES string of the molecule is CC(C)OCCN(C)C(=O)COC1CCNCC1. The third kappa shape index (κ3) is 6.33. The summed E-state index contributed by atoms with van der Waals surface area (Å²) in [5, 5.41) is 3.27. The van der Waals surface area contributed by atoms with Gasteiger partial charge < -0.3 is 19.7 Å². The molecule has 18 heavy (non-hydrogen) atoms. The quantitative estimate of drug-likeness (QED) is 0.728.